The zero-order valence-electron chi connectivity index (χ0n) is 13.3. The zero-order chi connectivity index (χ0) is 14.6. The molecule has 4 aliphatic rings. The topological polar surface area (TPSA) is 0 Å². The number of benzene rings is 1. The van der Waals surface area contributed by atoms with Gasteiger partial charge in [0, 0.05) is 5.38 Å². The van der Waals surface area contributed by atoms with E-state index in [-0.39, 0.29) is 0 Å². The lowest BCUT2D eigenvalue weighted by molar-refractivity contribution is -0.0376. The summed E-state index contributed by atoms with van der Waals surface area (Å²) in [6, 6.07) is 6.82. The lowest BCUT2D eigenvalue weighted by Gasteiger charge is -2.55. The summed E-state index contributed by atoms with van der Waals surface area (Å²) < 4.78 is 0. The Morgan fingerprint density at radius 3 is 2.24 bits per heavy atom. The van der Waals surface area contributed by atoms with Gasteiger partial charge in [0.2, 0.25) is 0 Å². The lowest BCUT2D eigenvalue weighted by atomic mass is 9.51. The van der Waals surface area contributed by atoms with Crippen LogP contribution in [0.25, 0.3) is 0 Å². The maximum absolute atomic E-state index is 6.98. The van der Waals surface area contributed by atoms with E-state index in [1.165, 1.54) is 48.8 Å². The molecule has 1 atom stereocenters. The first kappa shape index (κ1) is 14.1. The largest absolute Gasteiger partial charge is 0.122 e. The van der Waals surface area contributed by atoms with E-state index < -0.39 is 0 Å². The molecule has 0 aliphatic heterocycles. The van der Waals surface area contributed by atoms with Crippen molar-refractivity contribution >= 4 is 11.6 Å². The first-order chi connectivity index (χ1) is 10.1. The van der Waals surface area contributed by atoms with Crippen LogP contribution in [0.2, 0.25) is 0 Å². The summed E-state index contributed by atoms with van der Waals surface area (Å²) >= 11 is 6.98. The van der Waals surface area contributed by atoms with E-state index in [9.17, 15) is 0 Å². The molecule has 0 saturated heterocycles. The fourth-order valence-electron chi connectivity index (χ4n) is 5.92. The molecule has 1 aromatic rings. The van der Waals surface area contributed by atoms with Crippen molar-refractivity contribution in [1.82, 2.24) is 0 Å². The third kappa shape index (κ3) is 2.54. The van der Waals surface area contributed by atoms with Crippen molar-refractivity contribution in [2.24, 2.45) is 29.6 Å². The molecule has 4 aliphatic carbocycles. The molecule has 114 valence electrons. The summed E-state index contributed by atoms with van der Waals surface area (Å²) in [6.07, 6.45) is 8.52. The fraction of sp³-hybridized carbons (Fsp3) is 0.700. The van der Waals surface area contributed by atoms with Crippen LogP contribution in [0.4, 0.5) is 0 Å². The highest BCUT2D eigenvalue weighted by Crippen LogP contribution is 2.58. The second-order valence-corrected chi connectivity index (χ2v) is 8.72. The van der Waals surface area contributed by atoms with Crippen molar-refractivity contribution in [3.8, 4) is 0 Å². The van der Waals surface area contributed by atoms with Gasteiger partial charge in [0.15, 0.2) is 0 Å². The van der Waals surface area contributed by atoms with Gasteiger partial charge >= 0.3 is 0 Å². The van der Waals surface area contributed by atoms with E-state index >= 15 is 0 Å². The Morgan fingerprint density at radius 2 is 1.62 bits per heavy atom. The summed E-state index contributed by atoms with van der Waals surface area (Å²) in [7, 11) is 0. The Labute approximate surface area is 134 Å². The highest BCUT2D eigenvalue weighted by molar-refractivity contribution is 6.21. The van der Waals surface area contributed by atoms with Crippen LogP contribution in [0.15, 0.2) is 18.2 Å². The maximum Gasteiger partial charge on any atom is 0.0409 e. The Bertz CT molecular complexity index is 505. The molecule has 0 amide bonds. The highest BCUT2D eigenvalue weighted by Gasteiger charge is 2.50. The van der Waals surface area contributed by atoms with Crippen molar-refractivity contribution in [3.63, 3.8) is 0 Å². The number of hydrogen-bond acceptors (Lipinski definition) is 0. The van der Waals surface area contributed by atoms with E-state index in [1.54, 1.807) is 0 Å². The molecule has 1 heteroatoms. The molecule has 4 saturated carbocycles. The minimum absolute atomic E-state index is 0.348. The van der Waals surface area contributed by atoms with Gasteiger partial charge in [-0.1, -0.05) is 23.8 Å². The monoisotopic (exact) mass is 302 g/mol. The first-order valence-electron chi connectivity index (χ1n) is 8.80. The van der Waals surface area contributed by atoms with Crippen LogP contribution in [0.1, 0.15) is 48.8 Å². The zero-order valence-corrected chi connectivity index (χ0v) is 14.1. The van der Waals surface area contributed by atoms with Gasteiger partial charge in [-0.15, -0.1) is 11.6 Å². The van der Waals surface area contributed by atoms with Gasteiger partial charge in [0.1, 0.15) is 0 Å². The van der Waals surface area contributed by atoms with Crippen molar-refractivity contribution < 1.29 is 0 Å². The summed E-state index contributed by atoms with van der Waals surface area (Å²) in [6.45, 7) is 4.42. The molecule has 4 bridgehead atoms. The van der Waals surface area contributed by atoms with Crippen molar-refractivity contribution in [3.05, 3.63) is 34.9 Å². The predicted octanol–water partition coefficient (Wildman–Crippen LogP) is 5.53. The molecule has 5 rings (SSSR count). The van der Waals surface area contributed by atoms with E-state index in [0.29, 0.717) is 5.38 Å². The minimum atomic E-state index is 0.348. The molecule has 1 unspecified atom stereocenters. The number of halogens is 1. The average Bonchev–Trinajstić information content (AvgIpc) is 2.41. The van der Waals surface area contributed by atoms with Crippen LogP contribution in [-0.2, 0) is 6.42 Å². The fourth-order valence-corrected chi connectivity index (χ4v) is 6.50. The summed E-state index contributed by atoms with van der Waals surface area (Å²) in [5, 5.41) is 0.348. The quantitative estimate of drug-likeness (QED) is 0.644. The van der Waals surface area contributed by atoms with Crippen LogP contribution in [0.3, 0.4) is 0 Å². The van der Waals surface area contributed by atoms with E-state index in [2.05, 4.69) is 32.0 Å². The standard InChI is InChI=1S/C20H27Cl/c1-12-3-4-13(2)16(5-12)11-19(21)20-17-7-14-6-15(9-17)10-18(20)8-14/h3-5,14-15,17-20H,6-11H2,1-2H3. The molecule has 21 heavy (non-hydrogen) atoms. The van der Waals surface area contributed by atoms with Gasteiger partial charge < -0.3 is 0 Å². The van der Waals surface area contributed by atoms with Gasteiger partial charge in [0.05, 0.1) is 0 Å². The number of alkyl halides is 1. The van der Waals surface area contributed by atoms with Gasteiger partial charge in [-0.2, -0.15) is 0 Å². The second kappa shape index (κ2) is 5.30. The normalized spacial score (nSPS) is 38.7. The summed E-state index contributed by atoms with van der Waals surface area (Å²) in [5.74, 6) is 4.77. The van der Waals surface area contributed by atoms with Gasteiger partial charge in [-0.25, -0.2) is 0 Å². The average molecular weight is 303 g/mol. The van der Waals surface area contributed by atoms with Crippen LogP contribution in [0.5, 0.6) is 0 Å². The van der Waals surface area contributed by atoms with Crippen LogP contribution >= 0.6 is 11.6 Å². The highest BCUT2D eigenvalue weighted by atomic mass is 35.5. The van der Waals surface area contributed by atoms with Gasteiger partial charge in [0.25, 0.3) is 0 Å². The van der Waals surface area contributed by atoms with Gasteiger partial charge in [-0.3, -0.25) is 0 Å². The molecule has 0 nitrogen and oxygen atoms in total. The molecule has 1 aromatic carbocycles. The number of aryl methyl sites for hydroxylation is 2. The smallest absolute Gasteiger partial charge is 0.0409 e. The molecular formula is C20H27Cl. The third-order valence-corrected chi connectivity index (χ3v) is 7.08. The SMILES string of the molecule is Cc1ccc(C)c(CC(Cl)C2C3CC4CC(C3)CC2C4)c1. The van der Waals surface area contributed by atoms with Crippen LogP contribution in [0, 0.1) is 43.4 Å². The second-order valence-electron chi connectivity index (χ2n) is 8.16. The molecule has 0 aromatic heterocycles. The Hall–Kier alpha value is -0.490. The summed E-state index contributed by atoms with van der Waals surface area (Å²) in [5.41, 5.74) is 4.25. The Morgan fingerprint density at radius 1 is 1.00 bits per heavy atom. The maximum atomic E-state index is 6.98. The predicted molar refractivity (Wildman–Crippen MR) is 89.8 cm³/mol. The van der Waals surface area contributed by atoms with E-state index in [1.807, 2.05) is 0 Å². The van der Waals surface area contributed by atoms with E-state index in [0.717, 1.165) is 36.0 Å². The minimum Gasteiger partial charge on any atom is -0.122 e. The molecule has 0 N–H and O–H groups in total. The third-order valence-electron chi connectivity index (χ3n) is 6.64. The first-order valence-corrected chi connectivity index (χ1v) is 9.24. The van der Waals surface area contributed by atoms with Crippen molar-refractivity contribution in [2.75, 3.05) is 0 Å². The number of rotatable bonds is 3. The number of hydrogen-bond donors (Lipinski definition) is 0. The molecule has 0 heterocycles. The molecule has 0 spiro atoms. The van der Waals surface area contributed by atoms with Crippen molar-refractivity contribution in [1.29, 1.82) is 0 Å². The van der Waals surface area contributed by atoms with Crippen LogP contribution < -0.4 is 0 Å². The Balaban J connectivity index is 1.52. The van der Waals surface area contributed by atoms with Gasteiger partial charge in [-0.05, 0) is 93.1 Å². The molecular weight excluding hydrogens is 276 g/mol. The lowest BCUT2D eigenvalue weighted by Crippen LogP contribution is -2.48. The molecule has 4 fully saturated rings. The van der Waals surface area contributed by atoms with Crippen LogP contribution in [-0.4, -0.2) is 5.38 Å². The Kier molecular flexibility index (Phi) is 3.57. The van der Waals surface area contributed by atoms with Crippen molar-refractivity contribution in [2.45, 2.75) is 57.7 Å². The summed E-state index contributed by atoms with van der Waals surface area (Å²) in [4.78, 5) is 0. The molecule has 0 radical (unpaired) electrons. The van der Waals surface area contributed by atoms with E-state index in [4.69, 9.17) is 11.6 Å².